The van der Waals surface area contributed by atoms with Crippen LogP contribution in [0.25, 0.3) is 6.08 Å². The second-order valence-corrected chi connectivity index (χ2v) is 6.98. The van der Waals surface area contributed by atoms with Crippen molar-refractivity contribution in [3.8, 4) is 0 Å². The van der Waals surface area contributed by atoms with E-state index < -0.39 is 0 Å². The quantitative estimate of drug-likeness (QED) is 0.689. The summed E-state index contributed by atoms with van der Waals surface area (Å²) in [6.45, 7) is 8.43. The minimum Gasteiger partial charge on any atom is -0.257 e. The fourth-order valence-electron chi connectivity index (χ4n) is 3.88. The summed E-state index contributed by atoms with van der Waals surface area (Å²) in [4.78, 5) is 4.85. The van der Waals surface area contributed by atoms with Crippen LogP contribution in [0.2, 0.25) is 0 Å². The Hall–Kier alpha value is -1.89. The number of hydrogen-bond acceptors (Lipinski definition) is 1. The molecule has 23 heavy (non-hydrogen) atoms. The molecule has 0 amide bonds. The first-order chi connectivity index (χ1) is 11.2. The normalized spacial score (nSPS) is 18.8. The van der Waals surface area contributed by atoms with Crippen molar-refractivity contribution in [3.63, 3.8) is 0 Å². The Bertz CT molecular complexity index is 672. The molecule has 1 nitrogen and oxygen atoms in total. The van der Waals surface area contributed by atoms with Crippen molar-refractivity contribution in [1.82, 2.24) is 4.98 Å². The van der Waals surface area contributed by atoms with Gasteiger partial charge in [0.1, 0.15) is 0 Å². The van der Waals surface area contributed by atoms with Crippen molar-refractivity contribution in [2.45, 2.75) is 46.0 Å². The first-order valence-corrected chi connectivity index (χ1v) is 8.83. The first kappa shape index (κ1) is 16.0. The van der Waals surface area contributed by atoms with Gasteiger partial charge in [0.05, 0.1) is 0 Å². The first-order valence-electron chi connectivity index (χ1n) is 8.83. The average molecular weight is 305 g/mol. The Balaban J connectivity index is 1.70. The maximum atomic E-state index is 4.85. The minimum absolute atomic E-state index is 0.728. The van der Waals surface area contributed by atoms with E-state index in [4.69, 9.17) is 4.98 Å². The van der Waals surface area contributed by atoms with E-state index in [1.165, 1.54) is 41.6 Å². The third-order valence-electron chi connectivity index (χ3n) is 5.38. The van der Waals surface area contributed by atoms with Gasteiger partial charge in [0, 0.05) is 11.4 Å². The summed E-state index contributed by atoms with van der Waals surface area (Å²) in [6.07, 6.45) is 7.95. The fourth-order valence-corrected chi connectivity index (χ4v) is 3.88. The molecule has 2 unspecified atom stereocenters. The van der Waals surface area contributed by atoms with Crippen LogP contribution in [-0.2, 0) is 19.3 Å². The second-order valence-electron chi connectivity index (χ2n) is 6.98. The number of nitrogens with zero attached hydrogens (tertiary/aromatic N) is 1. The van der Waals surface area contributed by atoms with Gasteiger partial charge in [0.25, 0.3) is 0 Å². The van der Waals surface area contributed by atoms with Crippen molar-refractivity contribution in [1.29, 1.82) is 0 Å². The van der Waals surface area contributed by atoms with E-state index in [1.807, 2.05) is 6.08 Å². The predicted octanol–water partition coefficient (Wildman–Crippen LogP) is 5.41. The van der Waals surface area contributed by atoms with Gasteiger partial charge in [-0.05, 0) is 73.6 Å². The smallest absolute Gasteiger partial charge is 0.0448 e. The van der Waals surface area contributed by atoms with Gasteiger partial charge in [-0.1, -0.05) is 49.9 Å². The maximum Gasteiger partial charge on any atom is 0.0448 e. The topological polar surface area (TPSA) is 12.9 Å². The van der Waals surface area contributed by atoms with E-state index in [9.17, 15) is 0 Å². The van der Waals surface area contributed by atoms with Crippen molar-refractivity contribution in [2.75, 3.05) is 0 Å². The largest absolute Gasteiger partial charge is 0.257 e. The third kappa shape index (κ3) is 3.72. The Kier molecular flexibility index (Phi) is 4.95. The number of benzene rings is 1. The van der Waals surface area contributed by atoms with E-state index >= 15 is 0 Å². The monoisotopic (exact) mass is 305 g/mol. The Morgan fingerprint density at radius 1 is 1.22 bits per heavy atom. The SMILES string of the molecule is C=Cc1cc2c(nc1C)CCC(C(C)Cc1ccccc1)CC2. The predicted molar refractivity (Wildman–Crippen MR) is 98.5 cm³/mol. The maximum absolute atomic E-state index is 4.85. The zero-order chi connectivity index (χ0) is 16.2. The summed E-state index contributed by atoms with van der Waals surface area (Å²) in [5, 5.41) is 0. The zero-order valence-corrected chi connectivity index (χ0v) is 14.4. The van der Waals surface area contributed by atoms with Gasteiger partial charge in [-0.15, -0.1) is 0 Å². The summed E-state index contributed by atoms with van der Waals surface area (Å²) in [6, 6.07) is 13.2. The van der Waals surface area contributed by atoms with E-state index in [1.54, 1.807) is 0 Å². The summed E-state index contributed by atoms with van der Waals surface area (Å²) >= 11 is 0. The zero-order valence-electron chi connectivity index (χ0n) is 14.4. The molecular formula is C22H27N. The highest BCUT2D eigenvalue weighted by Gasteiger charge is 2.22. The van der Waals surface area contributed by atoms with Crippen LogP contribution in [0.1, 0.15) is 47.8 Å². The van der Waals surface area contributed by atoms with Crippen molar-refractivity contribution in [2.24, 2.45) is 11.8 Å². The molecule has 2 aromatic rings. The van der Waals surface area contributed by atoms with E-state index in [2.05, 4.69) is 56.8 Å². The summed E-state index contributed by atoms with van der Waals surface area (Å²) in [5.74, 6) is 1.52. The number of aryl methyl sites for hydroxylation is 3. The molecular weight excluding hydrogens is 278 g/mol. The average Bonchev–Trinajstić information content (AvgIpc) is 2.77. The third-order valence-corrected chi connectivity index (χ3v) is 5.38. The van der Waals surface area contributed by atoms with Gasteiger partial charge >= 0.3 is 0 Å². The van der Waals surface area contributed by atoms with E-state index in [0.717, 1.165) is 30.4 Å². The van der Waals surface area contributed by atoms with Crippen LogP contribution in [0.4, 0.5) is 0 Å². The molecule has 0 bridgehead atoms. The molecule has 1 heteroatoms. The molecule has 120 valence electrons. The molecule has 0 spiro atoms. The number of hydrogen-bond donors (Lipinski definition) is 0. The van der Waals surface area contributed by atoms with Crippen LogP contribution in [0.3, 0.4) is 0 Å². The standard InChI is InChI=1S/C22H27N/c1-4-19-15-21-11-10-20(12-13-22(21)23-17(19)3)16(2)14-18-8-6-5-7-9-18/h4-9,15-16,20H,1,10-14H2,2-3H3. The highest BCUT2D eigenvalue weighted by Crippen LogP contribution is 2.31. The molecule has 1 aliphatic carbocycles. The number of aromatic nitrogens is 1. The summed E-state index contributed by atoms with van der Waals surface area (Å²) in [5.41, 5.74) is 6.54. The Morgan fingerprint density at radius 2 is 1.96 bits per heavy atom. The molecule has 0 saturated heterocycles. The van der Waals surface area contributed by atoms with Gasteiger partial charge in [0.2, 0.25) is 0 Å². The van der Waals surface area contributed by atoms with Gasteiger partial charge in [0.15, 0.2) is 0 Å². The molecule has 0 N–H and O–H groups in total. The van der Waals surface area contributed by atoms with Crippen molar-refractivity contribution < 1.29 is 0 Å². The van der Waals surface area contributed by atoms with Crippen LogP contribution in [0.5, 0.6) is 0 Å². The molecule has 1 heterocycles. The van der Waals surface area contributed by atoms with Crippen LogP contribution in [0, 0.1) is 18.8 Å². The molecule has 3 rings (SSSR count). The highest BCUT2D eigenvalue weighted by atomic mass is 14.7. The van der Waals surface area contributed by atoms with Crippen molar-refractivity contribution >= 4 is 6.08 Å². The summed E-state index contributed by atoms with van der Waals surface area (Å²) < 4.78 is 0. The fraction of sp³-hybridized carbons (Fsp3) is 0.409. The van der Waals surface area contributed by atoms with Crippen LogP contribution in [-0.4, -0.2) is 4.98 Å². The second kappa shape index (κ2) is 7.12. The lowest BCUT2D eigenvalue weighted by Gasteiger charge is -2.22. The molecule has 1 aromatic heterocycles. The molecule has 0 radical (unpaired) electrons. The van der Waals surface area contributed by atoms with E-state index in [-0.39, 0.29) is 0 Å². The number of fused-ring (bicyclic) bond motifs is 1. The van der Waals surface area contributed by atoms with Gasteiger partial charge in [-0.25, -0.2) is 0 Å². The molecule has 1 aliphatic rings. The van der Waals surface area contributed by atoms with Crippen LogP contribution < -0.4 is 0 Å². The van der Waals surface area contributed by atoms with Gasteiger partial charge in [-0.2, -0.15) is 0 Å². The van der Waals surface area contributed by atoms with Gasteiger partial charge in [-0.3, -0.25) is 4.98 Å². The highest BCUT2D eigenvalue weighted by molar-refractivity contribution is 5.51. The molecule has 0 aliphatic heterocycles. The van der Waals surface area contributed by atoms with Crippen LogP contribution in [0.15, 0.2) is 43.0 Å². The molecule has 0 fully saturated rings. The molecule has 2 atom stereocenters. The Labute approximate surface area is 140 Å². The Morgan fingerprint density at radius 3 is 2.70 bits per heavy atom. The number of pyridine rings is 1. The lowest BCUT2D eigenvalue weighted by Crippen LogP contribution is -2.14. The number of rotatable bonds is 4. The lowest BCUT2D eigenvalue weighted by atomic mass is 9.83. The summed E-state index contributed by atoms with van der Waals surface area (Å²) in [7, 11) is 0. The molecule has 0 saturated carbocycles. The lowest BCUT2D eigenvalue weighted by molar-refractivity contribution is 0.320. The van der Waals surface area contributed by atoms with Crippen LogP contribution >= 0.6 is 0 Å². The molecule has 1 aromatic carbocycles. The van der Waals surface area contributed by atoms with E-state index in [0.29, 0.717) is 0 Å². The van der Waals surface area contributed by atoms with Crippen molar-refractivity contribution in [3.05, 3.63) is 71.1 Å². The van der Waals surface area contributed by atoms with Gasteiger partial charge < -0.3 is 0 Å². The minimum atomic E-state index is 0.728.